The van der Waals surface area contributed by atoms with E-state index in [1.807, 2.05) is 0 Å². The van der Waals surface area contributed by atoms with Crippen molar-refractivity contribution in [2.75, 3.05) is 56.8 Å². The number of carbonyl (C=O) groups excluding carboxylic acids is 3. The van der Waals surface area contributed by atoms with E-state index >= 15 is 0 Å². The molecule has 0 atom stereocenters. The summed E-state index contributed by atoms with van der Waals surface area (Å²) in [5, 5.41) is 6.05. The fourth-order valence-corrected chi connectivity index (χ4v) is 7.66. The lowest BCUT2D eigenvalue weighted by molar-refractivity contribution is -0.138. The van der Waals surface area contributed by atoms with E-state index in [2.05, 4.69) is 65.8 Å². The Bertz CT molecular complexity index is 4300. The molecule has 8 rings (SSSR count). The molecule has 3 amide bonds. The van der Waals surface area contributed by atoms with Crippen LogP contribution in [0.1, 0.15) is 67.4 Å². The van der Waals surface area contributed by atoms with Crippen molar-refractivity contribution in [1.29, 1.82) is 0 Å². The molecule has 91 heavy (non-hydrogen) atoms. The predicted molar refractivity (Wildman–Crippen MR) is 318 cm³/mol. The maximum Gasteiger partial charge on any atom is 0.421 e. The molecule has 0 unspecified atom stereocenters. The molecule has 0 spiro atoms. The summed E-state index contributed by atoms with van der Waals surface area (Å²) in [5.74, 6) is -3.59. The third-order valence-electron chi connectivity index (χ3n) is 10.4. The maximum atomic E-state index is 13.6. The number of halogens is 12. The maximum absolute atomic E-state index is 13.6. The van der Waals surface area contributed by atoms with Crippen molar-refractivity contribution in [3.63, 3.8) is 0 Å². The number of amides is 3. The van der Waals surface area contributed by atoms with Crippen LogP contribution in [-0.2, 0) is 51.7 Å². The number of carbonyl (C=O) groups is 3. The zero-order chi connectivity index (χ0) is 73.4. The number of primary amides is 3. The minimum Gasteiger partial charge on any atom is -0.399 e. The minimum atomic E-state index is -4.87. The van der Waals surface area contributed by atoms with Crippen LogP contribution in [-0.4, -0.2) is 111 Å². The van der Waals surface area contributed by atoms with Gasteiger partial charge in [-0.25, -0.2) is 51.7 Å². The predicted octanol–water partition coefficient (Wildman–Crippen LogP) is 7.63. The molecular weight excluding hydrogens is 1330 g/mol. The minimum absolute atomic E-state index is 0.0530. The summed E-state index contributed by atoms with van der Waals surface area (Å²) in [5.41, 5.74) is 24.8. The Labute approximate surface area is 533 Å². The van der Waals surface area contributed by atoms with Gasteiger partial charge >= 0.3 is 18.5 Å². The molecule has 486 valence electrons. The number of alkyl halides is 9. The second-order valence-corrected chi connectivity index (χ2v) is 21.8. The van der Waals surface area contributed by atoms with Crippen LogP contribution in [0, 0.1) is 0 Å². The van der Waals surface area contributed by atoms with Gasteiger partial charge in [-0.1, -0.05) is 23.2 Å². The van der Waals surface area contributed by atoms with Crippen LogP contribution in [0.15, 0.2) is 116 Å². The fraction of sp³-hybridized carbons (Fsp3) is 0.180. The number of rotatable bonds is 15. The highest BCUT2D eigenvalue weighted by Gasteiger charge is 2.37. The van der Waals surface area contributed by atoms with Gasteiger partial charge in [0.1, 0.15) is 38.5 Å². The van der Waals surface area contributed by atoms with Crippen molar-refractivity contribution in [3.8, 4) is 0 Å². The van der Waals surface area contributed by atoms with E-state index in [0.29, 0.717) is 53.0 Å². The summed E-state index contributed by atoms with van der Waals surface area (Å²) >= 11 is 15.8. The fourth-order valence-electron chi connectivity index (χ4n) is 6.08. The first-order chi connectivity index (χ1) is 44.6. The largest absolute Gasteiger partial charge is 0.421 e. The van der Waals surface area contributed by atoms with Gasteiger partial charge < -0.3 is 44.6 Å². The average Bonchev–Trinajstić information content (AvgIpc) is 0.800. The standard InChI is InChI=1S/C19H19F3N8O3S.C12H8ClF3N4O.C7H12N4O2S.C7H8N2O.C5HCl2F3N2/c1-30(34(2,32)33)17-14(24-7-8-25-17)10-26-16-13(19(20,21)22)9-27-18(29-16)28-12-5-3-11(4-6-12)15(23)31;13-9-8(12(14,15)16)5-18-11(20-9)19-7-3-1-6(2-4-7)10(17)21;1-11(14(2,12)13)7-6(5-8)9-3-4-10-7;8-6-3-1-5(2-4-6)7(9)10;6-3-2(5(8,9)10)1-11-4(7)12-3/h3-9H,10H2,1-2H3,(H2,23,31)(H2,26,27,28,29);1-5H,(H2,17,21)(H,18,19,20);3-4H,5,8H2,1-2H3;1-4H,8H2,(H2,9,10);1H/i1D3;;1D3;;. The summed E-state index contributed by atoms with van der Waals surface area (Å²) in [4.78, 5) is 68.6. The molecule has 3 aromatic carbocycles. The summed E-state index contributed by atoms with van der Waals surface area (Å²) in [6.45, 7) is -6.72. The van der Waals surface area contributed by atoms with Gasteiger partial charge in [-0.2, -0.15) is 44.5 Å². The Hall–Kier alpha value is -9.63. The molecule has 0 fully saturated rings. The Kier molecular flexibility index (Phi) is 22.4. The number of aromatic nitrogens is 10. The second kappa shape index (κ2) is 31.7. The van der Waals surface area contributed by atoms with Gasteiger partial charge in [0.2, 0.25) is 54.9 Å². The highest BCUT2D eigenvalue weighted by atomic mass is 35.5. The number of sulfonamides is 2. The first kappa shape index (κ1) is 64.4. The number of nitrogens with zero attached hydrogens (tertiary/aromatic N) is 12. The van der Waals surface area contributed by atoms with Crippen LogP contribution in [0.5, 0.6) is 0 Å². The molecule has 0 aliphatic heterocycles. The van der Waals surface area contributed by atoms with Crippen molar-refractivity contribution in [3.05, 3.63) is 177 Å². The SMILES string of the molecule is FC(F)(F)c1cnc(Cl)nc1Cl.NC(=O)c1ccc(N)cc1.NC(=O)c1ccc(Nc2ncc(C(F)(F)F)c(Cl)n2)cc1.[2H]C([2H])([2H])N(c1nccnc1CN)S(C)(=O)=O.[2H]C([2H])([2H])N(c1nccnc1CNc1nc(Nc2ccc(C(N)=O)cc2)ncc1C(F)(F)F)S(C)(=O)=O. The van der Waals surface area contributed by atoms with Crippen molar-refractivity contribution in [2.24, 2.45) is 22.9 Å². The number of hydrogen-bond donors (Lipinski definition) is 8. The van der Waals surface area contributed by atoms with Crippen LogP contribution in [0.25, 0.3) is 0 Å². The molecule has 13 N–H and O–H groups in total. The van der Waals surface area contributed by atoms with E-state index in [9.17, 15) is 70.7 Å². The molecule has 41 heteroatoms. The zero-order valence-electron chi connectivity index (χ0n) is 51.8. The zero-order valence-corrected chi connectivity index (χ0v) is 49.7. The first-order valence-electron chi connectivity index (χ1n) is 27.0. The normalized spacial score (nSPS) is 12.5. The topological polar surface area (TPSA) is 421 Å². The van der Waals surface area contributed by atoms with E-state index in [0.717, 1.165) is 18.6 Å². The molecule has 0 bridgehead atoms. The molecule has 0 aliphatic rings. The van der Waals surface area contributed by atoms with Gasteiger partial charge in [-0.05, 0) is 84.4 Å². The van der Waals surface area contributed by atoms with E-state index in [4.69, 9.17) is 71.7 Å². The van der Waals surface area contributed by atoms with Crippen LogP contribution >= 0.6 is 34.8 Å². The Morgan fingerprint density at radius 3 is 1.26 bits per heavy atom. The molecule has 5 heterocycles. The smallest absolute Gasteiger partial charge is 0.399 e. The third-order valence-corrected chi connectivity index (χ3v) is 12.8. The van der Waals surface area contributed by atoms with Crippen molar-refractivity contribution >= 4 is 119 Å². The van der Waals surface area contributed by atoms with E-state index in [-0.39, 0.29) is 55.1 Å². The molecule has 8 aromatic rings. The number of nitrogens with two attached hydrogens (primary N) is 5. The first-order valence-corrected chi connectivity index (χ1v) is 28.8. The molecular formula is C50H48Cl3F9N20O7S2. The molecule has 0 saturated carbocycles. The van der Waals surface area contributed by atoms with Gasteiger partial charge in [0.15, 0.2) is 11.6 Å². The lowest BCUT2D eigenvalue weighted by Gasteiger charge is -2.19. The quantitative estimate of drug-likeness (QED) is 0.0211. The lowest BCUT2D eigenvalue weighted by Crippen LogP contribution is -2.27. The molecule has 5 aromatic heterocycles. The molecule has 0 aliphatic carbocycles. The highest BCUT2D eigenvalue weighted by Crippen LogP contribution is 2.36. The van der Waals surface area contributed by atoms with E-state index in [1.54, 1.807) is 24.3 Å². The molecule has 0 saturated heterocycles. The van der Waals surface area contributed by atoms with Crippen LogP contribution in [0.3, 0.4) is 0 Å². The van der Waals surface area contributed by atoms with Crippen LogP contribution < -0.4 is 53.2 Å². The van der Waals surface area contributed by atoms with E-state index < -0.39 is 115 Å². The highest BCUT2D eigenvalue weighted by molar-refractivity contribution is 7.92. The number of anilines is 8. The average molecular weight is 1390 g/mol. The number of nitrogen functional groups attached to an aromatic ring is 1. The third kappa shape index (κ3) is 23.0. The Morgan fingerprint density at radius 2 is 0.890 bits per heavy atom. The van der Waals surface area contributed by atoms with Crippen LogP contribution in [0.4, 0.5) is 85.9 Å². The van der Waals surface area contributed by atoms with Gasteiger partial charge in [-0.15, -0.1) is 0 Å². The summed E-state index contributed by atoms with van der Waals surface area (Å²) < 4.78 is 206. The second-order valence-electron chi connectivity index (χ2n) is 17.1. The van der Waals surface area contributed by atoms with E-state index in [1.165, 1.54) is 60.9 Å². The van der Waals surface area contributed by atoms with Crippen LogP contribution in [0.2, 0.25) is 15.6 Å². The van der Waals surface area contributed by atoms with Crippen molar-refractivity contribution < 1.29 is 79.0 Å². The number of benzene rings is 3. The Morgan fingerprint density at radius 1 is 0.527 bits per heavy atom. The lowest BCUT2D eigenvalue weighted by atomic mass is 10.2. The molecule has 27 nitrogen and oxygen atoms in total. The number of nitrogens with one attached hydrogen (secondary N) is 3. The monoisotopic (exact) mass is 1390 g/mol. The summed E-state index contributed by atoms with van der Waals surface area (Å²) in [6, 6.07) is 18.1. The van der Waals surface area contributed by atoms with Gasteiger partial charge in [0.25, 0.3) is 0 Å². The van der Waals surface area contributed by atoms with Crippen molar-refractivity contribution in [2.45, 2.75) is 31.6 Å². The van der Waals surface area contributed by atoms with Gasteiger partial charge in [0.05, 0.1) is 24.8 Å². The summed E-state index contributed by atoms with van der Waals surface area (Å²) in [6.07, 6.45) is -6.25. The Balaban J connectivity index is 0.000000282. The number of hydrogen-bond acceptors (Lipinski definition) is 22. The van der Waals surface area contributed by atoms with Gasteiger partial charge in [0, 0.05) is 106 Å². The van der Waals surface area contributed by atoms with Gasteiger partial charge in [-0.3, -0.25) is 33.0 Å². The molecule has 0 radical (unpaired) electrons. The van der Waals surface area contributed by atoms with Crippen molar-refractivity contribution in [1.82, 2.24) is 49.8 Å². The summed E-state index contributed by atoms with van der Waals surface area (Å²) in [7, 11) is -8.36.